The maximum absolute atomic E-state index is 12.2. The molecule has 1 fully saturated rings. The summed E-state index contributed by atoms with van der Waals surface area (Å²) >= 11 is 0. The van der Waals surface area contributed by atoms with Crippen molar-refractivity contribution in [2.45, 2.75) is 56.4 Å². The number of unbranched alkanes of at least 4 members (excludes halogenated alkanes) is 1. The Balaban J connectivity index is 1.69. The van der Waals surface area contributed by atoms with Crippen LogP contribution in [0.5, 0.6) is 0 Å². The van der Waals surface area contributed by atoms with Crippen LogP contribution in [0.3, 0.4) is 0 Å². The molecular weight excluding hydrogens is 388 g/mol. The van der Waals surface area contributed by atoms with Crippen molar-refractivity contribution in [3.63, 3.8) is 0 Å². The van der Waals surface area contributed by atoms with Gasteiger partial charge in [0.15, 0.2) is 5.96 Å². The van der Waals surface area contributed by atoms with Gasteiger partial charge in [-0.15, -0.1) is 0 Å². The highest BCUT2D eigenvalue weighted by molar-refractivity contribution is 7.89. The minimum Gasteiger partial charge on any atom is -0.383 e. The Morgan fingerprint density at radius 1 is 1.10 bits per heavy atom. The van der Waals surface area contributed by atoms with Gasteiger partial charge in [0.2, 0.25) is 10.0 Å². The fraction of sp³-hybridized carbons (Fsp3) is 0.667. The van der Waals surface area contributed by atoms with Crippen LogP contribution in [0.2, 0.25) is 0 Å². The van der Waals surface area contributed by atoms with Crippen LogP contribution >= 0.6 is 0 Å². The van der Waals surface area contributed by atoms with Crippen molar-refractivity contribution in [2.24, 2.45) is 10.9 Å². The summed E-state index contributed by atoms with van der Waals surface area (Å²) in [4.78, 5) is 4.51. The molecule has 7 nitrogen and oxygen atoms in total. The quantitative estimate of drug-likeness (QED) is 0.273. The van der Waals surface area contributed by atoms with Crippen LogP contribution in [0.15, 0.2) is 34.2 Å². The van der Waals surface area contributed by atoms with Crippen LogP contribution in [0.25, 0.3) is 0 Å². The third-order valence-corrected chi connectivity index (χ3v) is 6.80. The average molecular weight is 425 g/mol. The van der Waals surface area contributed by atoms with Crippen molar-refractivity contribution in [1.82, 2.24) is 15.4 Å². The minimum atomic E-state index is -3.50. The molecular formula is C21H36N4O3S. The second kappa shape index (κ2) is 12.8. The van der Waals surface area contributed by atoms with Crippen molar-refractivity contribution < 1.29 is 13.2 Å². The fourth-order valence-corrected chi connectivity index (χ4v) is 4.63. The van der Waals surface area contributed by atoms with E-state index in [4.69, 9.17) is 4.74 Å². The summed E-state index contributed by atoms with van der Waals surface area (Å²) in [6, 6.07) is 6.86. The highest BCUT2D eigenvalue weighted by atomic mass is 32.2. The monoisotopic (exact) mass is 424 g/mol. The number of guanidine groups is 1. The summed E-state index contributed by atoms with van der Waals surface area (Å²) in [5.74, 6) is 1.72. The molecule has 0 unspecified atom stereocenters. The second-order valence-corrected chi connectivity index (χ2v) is 9.30. The molecule has 0 amide bonds. The normalized spacial score (nSPS) is 15.6. The second-order valence-electron chi connectivity index (χ2n) is 7.53. The summed E-state index contributed by atoms with van der Waals surface area (Å²) in [5, 5.41) is 6.63. The standard InChI is InChI=1S/C21H36N4O3S/c1-22-21(23-14-6-5-9-18-7-3-4-8-18)24-17-19-10-12-20(13-11-19)29(26,27)25-15-16-28-2/h10-13,18,25H,3-9,14-17H2,1-2H3,(H2,22,23,24). The van der Waals surface area contributed by atoms with Crippen molar-refractivity contribution in [3.8, 4) is 0 Å². The van der Waals surface area contributed by atoms with Crippen LogP contribution in [0.1, 0.15) is 50.5 Å². The van der Waals surface area contributed by atoms with Gasteiger partial charge in [0, 0.05) is 33.8 Å². The van der Waals surface area contributed by atoms with Gasteiger partial charge in [-0.1, -0.05) is 50.7 Å². The van der Waals surface area contributed by atoms with Gasteiger partial charge in [-0.3, -0.25) is 4.99 Å². The number of nitrogens with one attached hydrogen (secondary N) is 3. The van der Waals surface area contributed by atoms with E-state index in [1.54, 1.807) is 19.2 Å². The number of hydrogen-bond donors (Lipinski definition) is 3. The zero-order valence-corrected chi connectivity index (χ0v) is 18.6. The number of rotatable bonds is 12. The molecule has 1 aromatic carbocycles. The van der Waals surface area contributed by atoms with E-state index in [0.717, 1.165) is 30.4 Å². The van der Waals surface area contributed by atoms with Gasteiger partial charge >= 0.3 is 0 Å². The van der Waals surface area contributed by atoms with Gasteiger partial charge in [-0.25, -0.2) is 13.1 Å². The van der Waals surface area contributed by atoms with E-state index in [2.05, 4.69) is 20.3 Å². The van der Waals surface area contributed by atoms with E-state index >= 15 is 0 Å². The lowest BCUT2D eigenvalue weighted by atomic mass is 10.0. The topological polar surface area (TPSA) is 91.8 Å². The van der Waals surface area contributed by atoms with Gasteiger partial charge in [-0.05, 0) is 30.0 Å². The van der Waals surface area contributed by atoms with E-state index in [1.807, 2.05) is 12.1 Å². The smallest absolute Gasteiger partial charge is 0.240 e. The number of sulfonamides is 1. The zero-order valence-electron chi connectivity index (χ0n) is 17.7. The van der Waals surface area contributed by atoms with Gasteiger partial charge < -0.3 is 15.4 Å². The fourth-order valence-electron chi connectivity index (χ4n) is 3.62. The molecule has 2 rings (SSSR count). The van der Waals surface area contributed by atoms with Gasteiger partial charge in [0.25, 0.3) is 0 Å². The lowest BCUT2D eigenvalue weighted by molar-refractivity contribution is 0.204. The van der Waals surface area contributed by atoms with Crippen LogP contribution in [-0.2, 0) is 21.3 Å². The van der Waals surface area contributed by atoms with Gasteiger partial charge in [-0.2, -0.15) is 0 Å². The number of ether oxygens (including phenoxy) is 1. The SMILES string of the molecule is CN=C(NCCCCC1CCCC1)NCc1ccc(S(=O)(=O)NCCOC)cc1. The molecule has 29 heavy (non-hydrogen) atoms. The summed E-state index contributed by atoms with van der Waals surface area (Å²) in [6.07, 6.45) is 9.43. The molecule has 1 aliphatic carbocycles. The van der Waals surface area contributed by atoms with E-state index in [1.165, 1.54) is 45.6 Å². The third kappa shape index (κ3) is 8.72. The predicted molar refractivity (Wildman–Crippen MR) is 118 cm³/mol. The Morgan fingerprint density at radius 2 is 1.83 bits per heavy atom. The highest BCUT2D eigenvalue weighted by Crippen LogP contribution is 2.28. The molecule has 0 bridgehead atoms. The molecule has 0 spiro atoms. The number of aliphatic imine (C=N–C) groups is 1. The Hall–Kier alpha value is -1.64. The molecule has 0 aromatic heterocycles. The Labute approximate surface area is 175 Å². The molecule has 0 saturated heterocycles. The molecule has 0 atom stereocenters. The first kappa shape index (κ1) is 23.6. The average Bonchev–Trinajstić information content (AvgIpc) is 3.24. The summed E-state index contributed by atoms with van der Waals surface area (Å²) in [5.41, 5.74) is 0.991. The summed E-state index contributed by atoms with van der Waals surface area (Å²) in [7, 11) is -0.199. The molecule has 0 radical (unpaired) electrons. The molecule has 1 aliphatic rings. The van der Waals surface area contributed by atoms with Gasteiger partial charge in [0.1, 0.15) is 0 Å². The summed E-state index contributed by atoms with van der Waals surface area (Å²) in [6.45, 7) is 2.09. The van der Waals surface area contributed by atoms with Crippen LogP contribution < -0.4 is 15.4 Å². The molecule has 0 heterocycles. The minimum absolute atomic E-state index is 0.252. The van der Waals surface area contributed by atoms with E-state index in [9.17, 15) is 8.42 Å². The number of hydrogen-bond acceptors (Lipinski definition) is 4. The lowest BCUT2D eigenvalue weighted by Gasteiger charge is -2.13. The molecule has 164 valence electrons. The maximum atomic E-state index is 12.2. The third-order valence-electron chi connectivity index (χ3n) is 5.32. The first-order valence-corrected chi connectivity index (χ1v) is 12.1. The van der Waals surface area contributed by atoms with Crippen molar-refractivity contribution in [3.05, 3.63) is 29.8 Å². The lowest BCUT2D eigenvalue weighted by Crippen LogP contribution is -2.37. The van der Waals surface area contributed by atoms with Crippen molar-refractivity contribution in [2.75, 3.05) is 33.9 Å². The van der Waals surface area contributed by atoms with E-state index in [-0.39, 0.29) is 11.4 Å². The number of nitrogens with zero attached hydrogens (tertiary/aromatic N) is 1. The van der Waals surface area contributed by atoms with Crippen molar-refractivity contribution in [1.29, 1.82) is 0 Å². The van der Waals surface area contributed by atoms with Gasteiger partial charge in [0.05, 0.1) is 11.5 Å². The summed E-state index contributed by atoms with van der Waals surface area (Å²) < 4.78 is 31.7. The Kier molecular flexibility index (Phi) is 10.5. The molecule has 8 heteroatoms. The number of benzene rings is 1. The zero-order chi connectivity index (χ0) is 21.0. The number of methoxy groups -OCH3 is 1. The molecule has 1 aromatic rings. The van der Waals surface area contributed by atoms with Crippen LogP contribution in [-0.4, -0.2) is 48.2 Å². The van der Waals surface area contributed by atoms with E-state index < -0.39 is 10.0 Å². The molecule has 1 saturated carbocycles. The Bertz CT molecular complexity index is 714. The predicted octanol–water partition coefficient (Wildman–Crippen LogP) is 2.64. The first-order valence-electron chi connectivity index (χ1n) is 10.6. The molecule has 3 N–H and O–H groups in total. The Morgan fingerprint density at radius 3 is 2.48 bits per heavy atom. The van der Waals surface area contributed by atoms with Crippen LogP contribution in [0, 0.1) is 5.92 Å². The van der Waals surface area contributed by atoms with E-state index in [0.29, 0.717) is 13.2 Å². The maximum Gasteiger partial charge on any atom is 0.240 e. The van der Waals surface area contributed by atoms with Crippen LogP contribution in [0.4, 0.5) is 0 Å². The van der Waals surface area contributed by atoms with Crippen molar-refractivity contribution >= 4 is 16.0 Å². The molecule has 0 aliphatic heterocycles. The highest BCUT2D eigenvalue weighted by Gasteiger charge is 2.14. The first-order chi connectivity index (χ1) is 14.0. The largest absolute Gasteiger partial charge is 0.383 e.